The number of pyridine rings is 1. The number of benzene rings is 1. The van der Waals surface area contributed by atoms with Crippen molar-refractivity contribution in [2.75, 3.05) is 5.73 Å². The number of hydrogen-bond donors (Lipinski definition) is 1. The van der Waals surface area contributed by atoms with Gasteiger partial charge in [0.05, 0.1) is 5.56 Å². The summed E-state index contributed by atoms with van der Waals surface area (Å²) in [6, 6.07) is 9.02. The van der Waals surface area contributed by atoms with Crippen LogP contribution < -0.4 is 5.73 Å². The number of hydrogen-bond acceptors (Lipinski definition) is 5. The van der Waals surface area contributed by atoms with Crippen LogP contribution in [0.2, 0.25) is 5.02 Å². The van der Waals surface area contributed by atoms with E-state index in [1.807, 2.05) is 22.6 Å². The summed E-state index contributed by atoms with van der Waals surface area (Å²) in [4.78, 5) is 16.1. The van der Waals surface area contributed by atoms with Gasteiger partial charge < -0.3 is 10.5 Å². The first-order chi connectivity index (χ1) is 10.0. The Morgan fingerprint density at radius 3 is 2.90 bits per heavy atom. The van der Waals surface area contributed by atoms with Crippen LogP contribution in [0.15, 0.2) is 24.3 Å². The van der Waals surface area contributed by atoms with E-state index in [2.05, 4.69) is 11.1 Å². The number of cyclic esters (lactones) is 1. The quantitative estimate of drug-likeness (QED) is 0.443. The van der Waals surface area contributed by atoms with Crippen molar-refractivity contribution in [3.63, 3.8) is 0 Å². The standard InChI is InChI=1S/C14H7ClIN3O2/c15-7-3-1-2-6(4-7)11-9-8(5-17)12(16)19-13(18)10(9)14(20)21-11/h1-4,11H,(H2,18,19). The van der Waals surface area contributed by atoms with Crippen LogP contribution in [0, 0.1) is 15.0 Å². The highest BCUT2D eigenvalue weighted by Crippen LogP contribution is 2.41. The number of nitrogen functional groups attached to an aromatic ring is 1. The molecule has 1 aliphatic heterocycles. The number of fused-ring (bicyclic) bond motifs is 1. The van der Waals surface area contributed by atoms with Gasteiger partial charge in [0.1, 0.15) is 21.2 Å². The molecular weight excluding hydrogens is 405 g/mol. The Morgan fingerprint density at radius 2 is 2.24 bits per heavy atom. The summed E-state index contributed by atoms with van der Waals surface area (Å²) in [5.41, 5.74) is 7.42. The molecule has 1 aromatic carbocycles. The molecule has 1 aromatic heterocycles. The molecule has 5 nitrogen and oxygen atoms in total. The topological polar surface area (TPSA) is 89.0 Å². The number of carbonyl (C=O) groups is 1. The maximum Gasteiger partial charge on any atom is 0.343 e. The van der Waals surface area contributed by atoms with Crippen molar-refractivity contribution in [1.82, 2.24) is 4.98 Å². The molecule has 2 N–H and O–H groups in total. The molecule has 7 heteroatoms. The minimum absolute atomic E-state index is 0.0722. The van der Waals surface area contributed by atoms with Crippen LogP contribution in [-0.4, -0.2) is 11.0 Å². The van der Waals surface area contributed by atoms with Crippen LogP contribution in [-0.2, 0) is 4.74 Å². The van der Waals surface area contributed by atoms with Gasteiger partial charge in [0.25, 0.3) is 0 Å². The van der Waals surface area contributed by atoms with E-state index in [4.69, 9.17) is 22.1 Å². The van der Waals surface area contributed by atoms with Crippen LogP contribution in [0.4, 0.5) is 5.82 Å². The fourth-order valence-corrected chi connectivity index (χ4v) is 3.17. The van der Waals surface area contributed by atoms with Crippen LogP contribution in [0.25, 0.3) is 0 Å². The first-order valence-electron chi connectivity index (χ1n) is 5.88. The number of esters is 1. The number of rotatable bonds is 1. The third kappa shape index (κ3) is 2.22. The molecule has 21 heavy (non-hydrogen) atoms. The van der Waals surface area contributed by atoms with Crippen LogP contribution in [0.3, 0.4) is 0 Å². The molecular formula is C14H7ClIN3O2. The summed E-state index contributed by atoms with van der Waals surface area (Å²) in [7, 11) is 0. The minimum Gasteiger partial charge on any atom is -0.449 e. The van der Waals surface area contributed by atoms with Gasteiger partial charge in [-0.3, -0.25) is 0 Å². The van der Waals surface area contributed by atoms with Crippen molar-refractivity contribution in [2.45, 2.75) is 6.10 Å². The van der Waals surface area contributed by atoms with Crippen molar-refractivity contribution in [3.8, 4) is 6.07 Å². The number of nitrogens with two attached hydrogens (primary N) is 1. The van der Waals surface area contributed by atoms with Crippen LogP contribution in [0.1, 0.15) is 33.2 Å². The fraction of sp³-hybridized carbons (Fsp3) is 0.0714. The van der Waals surface area contributed by atoms with E-state index in [-0.39, 0.29) is 11.4 Å². The molecule has 3 rings (SSSR count). The zero-order chi connectivity index (χ0) is 15.1. The van der Waals surface area contributed by atoms with Crippen molar-refractivity contribution >= 4 is 46.0 Å². The number of nitrogens with zero attached hydrogens (tertiary/aromatic N) is 2. The number of halogens is 2. The summed E-state index contributed by atoms with van der Waals surface area (Å²) >= 11 is 7.90. The Balaban J connectivity index is 2.28. The monoisotopic (exact) mass is 411 g/mol. The van der Waals surface area contributed by atoms with E-state index in [1.165, 1.54) is 0 Å². The maximum atomic E-state index is 12.0. The van der Waals surface area contributed by atoms with Gasteiger partial charge in [0.15, 0.2) is 6.10 Å². The highest BCUT2D eigenvalue weighted by Gasteiger charge is 2.38. The van der Waals surface area contributed by atoms with E-state index in [0.29, 0.717) is 25.4 Å². The Bertz CT molecular complexity index is 817. The smallest absolute Gasteiger partial charge is 0.343 e. The predicted molar refractivity (Wildman–Crippen MR) is 84.8 cm³/mol. The molecule has 0 bridgehead atoms. The zero-order valence-corrected chi connectivity index (χ0v) is 13.3. The van der Waals surface area contributed by atoms with Crippen LogP contribution in [0.5, 0.6) is 0 Å². The second kappa shape index (κ2) is 5.16. The first kappa shape index (κ1) is 14.1. The number of carbonyl (C=O) groups excluding carboxylic acids is 1. The first-order valence-corrected chi connectivity index (χ1v) is 7.34. The molecule has 0 fully saturated rings. The molecule has 0 spiro atoms. The SMILES string of the molecule is N#Cc1c(I)nc(N)c2c1C(c1cccc(Cl)c1)OC2=O. The lowest BCUT2D eigenvalue weighted by Gasteiger charge is -2.13. The highest BCUT2D eigenvalue weighted by atomic mass is 127. The summed E-state index contributed by atoms with van der Waals surface area (Å²) in [5, 5.41) is 9.87. The van der Waals surface area contributed by atoms with Gasteiger partial charge >= 0.3 is 5.97 Å². The zero-order valence-electron chi connectivity index (χ0n) is 10.4. The molecule has 0 saturated carbocycles. The van der Waals surface area contributed by atoms with Gasteiger partial charge in [0.2, 0.25) is 0 Å². The average molecular weight is 412 g/mol. The van der Waals surface area contributed by atoms with E-state index in [0.717, 1.165) is 0 Å². The molecule has 1 unspecified atom stereocenters. The molecule has 1 atom stereocenters. The van der Waals surface area contributed by atoms with Crippen LogP contribution >= 0.6 is 34.2 Å². The molecule has 0 radical (unpaired) electrons. The third-order valence-corrected chi connectivity index (χ3v) is 4.19. The van der Waals surface area contributed by atoms with Gasteiger partial charge in [-0.25, -0.2) is 9.78 Å². The van der Waals surface area contributed by atoms with E-state index in [1.54, 1.807) is 24.3 Å². The number of aromatic nitrogens is 1. The minimum atomic E-state index is -0.695. The van der Waals surface area contributed by atoms with Gasteiger partial charge in [-0.1, -0.05) is 23.7 Å². The number of ether oxygens (including phenoxy) is 1. The van der Waals surface area contributed by atoms with Gasteiger partial charge in [-0.15, -0.1) is 0 Å². The Labute approximate surface area is 138 Å². The summed E-state index contributed by atoms with van der Waals surface area (Å²) in [6.45, 7) is 0. The average Bonchev–Trinajstić information content (AvgIpc) is 2.77. The lowest BCUT2D eigenvalue weighted by molar-refractivity contribution is 0.0456. The molecule has 1 aliphatic rings. The highest BCUT2D eigenvalue weighted by molar-refractivity contribution is 14.1. The van der Waals surface area contributed by atoms with Crippen molar-refractivity contribution in [2.24, 2.45) is 0 Å². The summed E-state index contributed by atoms with van der Waals surface area (Å²) in [5.74, 6) is -0.504. The molecule has 0 saturated heterocycles. The fourth-order valence-electron chi connectivity index (χ4n) is 2.30. The van der Waals surface area contributed by atoms with Crippen molar-refractivity contribution in [3.05, 3.63) is 55.2 Å². The second-order valence-electron chi connectivity index (χ2n) is 4.40. The molecule has 104 valence electrons. The van der Waals surface area contributed by atoms with Gasteiger partial charge in [-0.2, -0.15) is 5.26 Å². The van der Waals surface area contributed by atoms with E-state index < -0.39 is 12.1 Å². The summed E-state index contributed by atoms with van der Waals surface area (Å²) < 4.78 is 5.82. The van der Waals surface area contributed by atoms with Crippen molar-refractivity contribution < 1.29 is 9.53 Å². The van der Waals surface area contributed by atoms with Gasteiger partial charge in [-0.05, 0) is 40.3 Å². The lowest BCUT2D eigenvalue weighted by Crippen LogP contribution is -2.07. The molecule has 0 aliphatic carbocycles. The second-order valence-corrected chi connectivity index (χ2v) is 5.86. The molecule has 2 heterocycles. The number of nitriles is 1. The Morgan fingerprint density at radius 1 is 1.48 bits per heavy atom. The van der Waals surface area contributed by atoms with E-state index in [9.17, 15) is 10.1 Å². The normalized spacial score (nSPS) is 16.2. The van der Waals surface area contributed by atoms with Gasteiger partial charge in [0, 0.05) is 10.6 Å². The number of anilines is 1. The lowest BCUT2D eigenvalue weighted by atomic mass is 9.96. The third-order valence-electron chi connectivity index (χ3n) is 3.17. The largest absolute Gasteiger partial charge is 0.449 e. The molecule has 0 amide bonds. The van der Waals surface area contributed by atoms with Crippen molar-refractivity contribution in [1.29, 1.82) is 5.26 Å². The summed E-state index contributed by atoms with van der Waals surface area (Å²) in [6.07, 6.45) is -0.695. The predicted octanol–water partition coefficient (Wildman–Crippen LogP) is 3.05. The Hall–Kier alpha value is -1.85. The molecule has 2 aromatic rings. The maximum absolute atomic E-state index is 12.0. The Kier molecular flexibility index (Phi) is 3.47. The van der Waals surface area contributed by atoms with E-state index >= 15 is 0 Å².